The topological polar surface area (TPSA) is 60.2 Å². The van der Waals surface area contributed by atoms with Crippen molar-refractivity contribution in [1.82, 2.24) is 15.5 Å². The third-order valence-corrected chi connectivity index (χ3v) is 3.93. The summed E-state index contributed by atoms with van der Waals surface area (Å²) in [4.78, 5) is 4.46. The van der Waals surface area contributed by atoms with E-state index in [0.717, 1.165) is 25.8 Å². The number of halogens is 1. The molecule has 21 heavy (non-hydrogen) atoms. The van der Waals surface area contributed by atoms with Crippen LogP contribution in [0, 0.1) is 5.82 Å². The Kier molecular flexibility index (Phi) is 3.63. The number of rotatable bonds is 3. The van der Waals surface area contributed by atoms with Crippen LogP contribution in [-0.4, -0.2) is 23.8 Å². The number of aromatic nitrogens is 2. The Balaban J connectivity index is 1.91. The number of nitrogens with one attached hydrogen (secondary N) is 1. The summed E-state index contributed by atoms with van der Waals surface area (Å²) in [7, 11) is 1.43. The fraction of sp³-hybridized carbons (Fsp3) is 0.467. The van der Waals surface area contributed by atoms with Gasteiger partial charge >= 0.3 is 0 Å². The first-order valence-corrected chi connectivity index (χ1v) is 7.05. The van der Waals surface area contributed by atoms with Crippen molar-refractivity contribution in [3.05, 3.63) is 29.9 Å². The second-order valence-corrected chi connectivity index (χ2v) is 5.49. The Bertz CT molecular complexity index is 636. The maximum atomic E-state index is 13.4. The molecule has 2 heterocycles. The average Bonchev–Trinajstić information content (AvgIpc) is 2.99. The average molecular weight is 291 g/mol. The van der Waals surface area contributed by atoms with Gasteiger partial charge in [0.2, 0.25) is 11.7 Å². The molecule has 1 N–H and O–H groups in total. The van der Waals surface area contributed by atoms with E-state index in [-0.39, 0.29) is 11.3 Å². The van der Waals surface area contributed by atoms with Gasteiger partial charge in [0.1, 0.15) is 0 Å². The molecule has 1 aromatic heterocycles. The molecular formula is C15H18FN3O2. The van der Waals surface area contributed by atoms with E-state index in [9.17, 15) is 4.39 Å². The zero-order valence-electron chi connectivity index (χ0n) is 12.1. The monoisotopic (exact) mass is 291 g/mol. The van der Waals surface area contributed by atoms with Crippen LogP contribution in [0.25, 0.3) is 11.4 Å². The van der Waals surface area contributed by atoms with Gasteiger partial charge in [-0.05, 0) is 50.9 Å². The van der Waals surface area contributed by atoms with Gasteiger partial charge in [0, 0.05) is 5.56 Å². The van der Waals surface area contributed by atoms with Crippen molar-refractivity contribution in [3.63, 3.8) is 0 Å². The van der Waals surface area contributed by atoms with Gasteiger partial charge in [-0.1, -0.05) is 5.16 Å². The predicted octanol–water partition coefficient (Wildman–Crippen LogP) is 2.87. The highest BCUT2D eigenvalue weighted by Crippen LogP contribution is 2.31. The molecule has 1 aliphatic heterocycles. The molecule has 1 aromatic carbocycles. The van der Waals surface area contributed by atoms with Gasteiger partial charge in [0.05, 0.1) is 12.6 Å². The molecule has 0 amide bonds. The molecule has 1 aliphatic rings. The Morgan fingerprint density at radius 1 is 1.38 bits per heavy atom. The van der Waals surface area contributed by atoms with Gasteiger partial charge < -0.3 is 14.6 Å². The fourth-order valence-electron chi connectivity index (χ4n) is 2.60. The summed E-state index contributed by atoms with van der Waals surface area (Å²) in [6.45, 7) is 3.01. The van der Waals surface area contributed by atoms with Crippen LogP contribution in [0.1, 0.15) is 32.1 Å². The first kappa shape index (κ1) is 14.0. The lowest BCUT2D eigenvalue weighted by Gasteiger charge is -2.31. The second-order valence-electron chi connectivity index (χ2n) is 5.49. The van der Waals surface area contributed by atoms with Crippen LogP contribution in [-0.2, 0) is 5.54 Å². The second kappa shape index (κ2) is 5.44. The SMILES string of the molecule is COc1cc(-c2noc(C3(C)CCCCN3)n2)ccc1F. The minimum Gasteiger partial charge on any atom is -0.494 e. The van der Waals surface area contributed by atoms with Crippen molar-refractivity contribution in [3.8, 4) is 17.1 Å². The third kappa shape index (κ3) is 2.63. The van der Waals surface area contributed by atoms with Crippen molar-refractivity contribution in [2.45, 2.75) is 31.7 Å². The summed E-state index contributed by atoms with van der Waals surface area (Å²) in [6, 6.07) is 4.52. The van der Waals surface area contributed by atoms with E-state index < -0.39 is 5.82 Å². The zero-order valence-corrected chi connectivity index (χ0v) is 12.1. The number of piperidine rings is 1. The Morgan fingerprint density at radius 2 is 2.24 bits per heavy atom. The zero-order chi connectivity index (χ0) is 14.9. The molecule has 0 radical (unpaired) electrons. The third-order valence-electron chi connectivity index (χ3n) is 3.93. The summed E-state index contributed by atoms with van der Waals surface area (Å²) in [6.07, 6.45) is 3.25. The molecule has 0 saturated carbocycles. The van der Waals surface area contributed by atoms with Crippen molar-refractivity contribution in [2.75, 3.05) is 13.7 Å². The first-order chi connectivity index (χ1) is 10.1. The van der Waals surface area contributed by atoms with Gasteiger partial charge in [0.15, 0.2) is 11.6 Å². The van der Waals surface area contributed by atoms with Crippen molar-refractivity contribution in [2.24, 2.45) is 0 Å². The van der Waals surface area contributed by atoms with Crippen LogP contribution in [0.2, 0.25) is 0 Å². The summed E-state index contributed by atoms with van der Waals surface area (Å²) in [5, 5.41) is 7.44. The van der Waals surface area contributed by atoms with Gasteiger partial charge in [-0.3, -0.25) is 0 Å². The van der Waals surface area contributed by atoms with E-state index in [1.807, 2.05) is 0 Å². The Morgan fingerprint density at radius 3 is 2.95 bits per heavy atom. The van der Waals surface area contributed by atoms with E-state index in [4.69, 9.17) is 9.26 Å². The van der Waals surface area contributed by atoms with Gasteiger partial charge in [-0.25, -0.2) is 4.39 Å². The van der Waals surface area contributed by atoms with E-state index in [1.165, 1.54) is 13.2 Å². The quantitative estimate of drug-likeness (QED) is 0.942. The minimum atomic E-state index is -0.411. The molecule has 1 unspecified atom stereocenters. The standard InChI is InChI=1S/C15H18FN3O2/c1-15(7-3-4-8-17-15)14-18-13(19-21-14)10-5-6-11(16)12(9-10)20-2/h5-6,9,17H,3-4,7-8H2,1-2H3. The molecule has 1 saturated heterocycles. The summed E-state index contributed by atoms with van der Waals surface area (Å²) in [5.41, 5.74) is 0.385. The van der Waals surface area contributed by atoms with Crippen LogP contribution in [0.4, 0.5) is 4.39 Å². The van der Waals surface area contributed by atoms with E-state index in [2.05, 4.69) is 22.4 Å². The number of hydrogen-bond acceptors (Lipinski definition) is 5. The van der Waals surface area contributed by atoms with E-state index in [1.54, 1.807) is 12.1 Å². The molecule has 6 heteroatoms. The van der Waals surface area contributed by atoms with Crippen LogP contribution in [0.3, 0.4) is 0 Å². The largest absolute Gasteiger partial charge is 0.494 e. The van der Waals surface area contributed by atoms with Gasteiger partial charge in [0.25, 0.3) is 0 Å². The van der Waals surface area contributed by atoms with E-state index >= 15 is 0 Å². The predicted molar refractivity (Wildman–Crippen MR) is 75.4 cm³/mol. The van der Waals surface area contributed by atoms with Crippen molar-refractivity contribution >= 4 is 0 Å². The van der Waals surface area contributed by atoms with Gasteiger partial charge in [-0.15, -0.1) is 0 Å². The van der Waals surface area contributed by atoms with Crippen LogP contribution >= 0.6 is 0 Å². The normalized spacial score (nSPS) is 22.2. The summed E-state index contributed by atoms with van der Waals surface area (Å²) >= 11 is 0. The number of ether oxygens (including phenoxy) is 1. The molecule has 2 aromatic rings. The summed E-state index contributed by atoms with van der Waals surface area (Å²) < 4.78 is 23.8. The fourth-order valence-corrected chi connectivity index (χ4v) is 2.60. The lowest BCUT2D eigenvalue weighted by Crippen LogP contribution is -2.43. The lowest BCUT2D eigenvalue weighted by molar-refractivity contribution is 0.207. The van der Waals surface area contributed by atoms with Crippen molar-refractivity contribution < 1.29 is 13.7 Å². The Hall–Kier alpha value is -1.95. The van der Waals surface area contributed by atoms with Gasteiger partial charge in [-0.2, -0.15) is 4.98 Å². The highest BCUT2D eigenvalue weighted by Gasteiger charge is 2.34. The number of hydrogen-bond donors (Lipinski definition) is 1. The molecule has 3 rings (SSSR count). The van der Waals surface area contributed by atoms with E-state index in [0.29, 0.717) is 17.3 Å². The number of nitrogens with zero attached hydrogens (tertiary/aromatic N) is 2. The minimum absolute atomic E-state index is 0.167. The van der Waals surface area contributed by atoms with Crippen LogP contribution in [0.15, 0.2) is 22.7 Å². The first-order valence-electron chi connectivity index (χ1n) is 7.05. The molecular weight excluding hydrogens is 273 g/mol. The smallest absolute Gasteiger partial charge is 0.246 e. The molecule has 0 aliphatic carbocycles. The number of benzene rings is 1. The molecule has 5 nitrogen and oxygen atoms in total. The maximum absolute atomic E-state index is 13.4. The van der Waals surface area contributed by atoms with Crippen molar-refractivity contribution in [1.29, 1.82) is 0 Å². The molecule has 0 bridgehead atoms. The highest BCUT2D eigenvalue weighted by atomic mass is 19.1. The summed E-state index contributed by atoms with van der Waals surface area (Å²) in [5.74, 6) is 0.768. The van der Waals surface area contributed by atoms with Crippen LogP contribution < -0.4 is 10.1 Å². The molecule has 112 valence electrons. The Labute approximate surface area is 122 Å². The molecule has 1 fully saturated rings. The molecule has 1 atom stereocenters. The maximum Gasteiger partial charge on any atom is 0.246 e. The molecule has 0 spiro atoms. The number of methoxy groups -OCH3 is 1. The lowest BCUT2D eigenvalue weighted by atomic mass is 9.91. The van der Waals surface area contributed by atoms with Crippen LogP contribution in [0.5, 0.6) is 5.75 Å². The highest BCUT2D eigenvalue weighted by molar-refractivity contribution is 5.57.